The van der Waals surface area contributed by atoms with E-state index in [1.165, 1.54) is 0 Å². The number of hydrogen-bond donors (Lipinski definition) is 3. The van der Waals surface area contributed by atoms with E-state index >= 15 is 0 Å². The highest BCUT2D eigenvalue weighted by Gasteiger charge is 2.20. The third-order valence-electron chi connectivity index (χ3n) is 5.14. The Kier molecular flexibility index (Phi) is 7.44. The van der Waals surface area contributed by atoms with Crippen LogP contribution >= 0.6 is 0 Å². The van der Waals surface area contributed by atoms with Gasteiger partial charge < -0.3 is 34.0 Å². The standard InChI is InChI=1S/C23H28N4O6/c1-14-17(7-8-26(14)19-11-20(27(28)29)15(2)33-13-19)12-24-16(3)25-18-9-21(30-4)23(32-6)22(10-18)31-5/h7-10,12-13,27-28H,1,11H2,2-6H3,(H,24,25)/b17-12-. The molecule has 10 nitrogen and oxygen atoms in total. The van der Waals surface area contributed by atoms with Gasteiger partial charge in [-0.25, -0.2) is 10.2 Å². The number of hydroxylamine groups is 2. The van der Waals surface area contributed by atoms with Gasteiger partial charge in [-0.15, -0.1) is 0 Å². The van der Waals surface area contributed by atoms with Crippen LogP contribution in [0.4, 0.5) is 5.69 Å². The highest BCUT2D eigenvalue weighted by atomic mass is 16.8. The summed E-state index contributed by atoms with van der Waals surface area (Å²) in [7, 11) is 4.66. The van der Waals surface area contributed by atoms with Crippen LogP contribution in [0.25, 0.3) is 18.5 Å². The first-order valence-electron chi connectivity index (χ1n) is 10.1. The van der Waals surface area contributed by atoms with Gasteiger partial charge in [-0.1, -0.05) is 6.58 Å². The Balaban J connectivity index is 1.83. The number of amidine groups is 1. The maximum Gasteiger partial charge on any atom is 0.203 e. The zero-order valence-corrected chi connectivity index (χ0v) is 19.3. The van der Waals surface area contributed by atoms with E-state index in [0.29, 0.717) is 39.9 Å². The largest absolute Gasteiger partial charge is 0.595 e. The number of anilines is 1. The molecule has 0 fully saturated rings. The Bertz CT molecular complexity index is 1200. The second kappa shape index (κ2) is 10.3. The molecule has 0 saturated heterocycles. The molecule has 0 saturated carbocycles. The SMILES string of the molecule is C=c1/c(=C\N=C(C)Nc2cc(OC)c(OC)c(OC)c2)ccn1C1=COC(C)=C([NH+]([O-])O)C1. The van der Waals surface area contributed by atoms with Gasteiger partial charge in [0, 0.05) is 40.8 Å². The second-order valence-electron chi connectivity index (χ2n) is 7.21. The Morgan fingerprint density at radius 3 is 2.52 bits per heavy atom. The lowest BCUT2D eigenvalue weighted by Crippen LogP contribution is -3.02. The van der Waals surface area contributed by atoms with Crippen molar-refractivity contribution in [3.05, 3.63) is 57.9 Å². The smallest absolute Gasteiger partial charge is 0.203 e. The molecule has 0 amide bonds. The van der Waals surface area contributed by atoms with Gasteiger partial charge in [-0.2, -0.15) is 5.23 Å². The van der Waals surface area contributed by atoms with Gasteiger partial charge in [-0.05, 0) is 19.9 Å². The summed E-state index contributed by atoms with van der Waals surface area (Å²) in [6.45, 7) is 7.56. The zero-order valence-electron chi connectivity index (χ0n) is 19.3. The van der Waals surface area contributed by atoms with Crippen LogP contribution < -0.4 is 35.3 Å². The molecule has 176 valence electrons. The molecule has 2 aromatic rings. The Morgan fingerprint density at radius 2 is 1.94 bits per heavy atom. The lowest BCUT2D eigenvalue weighted by atomic mass is 10.2. The fourth-order valence-corrected chi connectivity index (χ4v) is 3.37. The quantitative estimate of drug-likeness (QED) is 0.328. The van der Waals surface area contributed by atoms with Gasteiger partial charge in [0.25, 0.3) is 0 Å². The molecular weight excluding hydrogens is 428 g/mol. The fourth-order valence-electron chi connectivity index (χ4n) is 3.37. The van der Waals surface area contributed by atoms with Crippen molar-refractivity contribution in [2.45, 2.75) is 20.3 Å². The minimum atomic E-state index is -0.999. The third-order valence-corrected chi connectivity index (χ3v) is 5.14. The molecule has 0 aliphatic carbocycles. The van der Waals surface area contributed by atoms with E-state index in [0.717, 1.165) is 10.9 Å². The summed E-state index contributed by atoms with van der Waals surface area (Å²) in [5.41, 5.74) is 1.62. The van der Waals surface area contributed by atoms with Crippen molar-refractivity contribution in [1.82, 2.24) is 4.57 Å². The van der Waals surface area contributed by atoms with E-state index in [4.69, 9.17) is 18.9 Å². The van der Waals surface area contributed by atoms with Crippen LogP contribution in [0.5, 0.6) is 17.2 Å². The summed E-state index contributed by atoms with van der Waals surface area (Å²) in [6, 6.07) is 5.43. The number of ether oxygens (including phenoxy) is 4. The molecule has 3 N–H and O–H groups in total. The molecule has 0 bridgehead atoms. The van der Waals surface area contributed by atoms with Crippen molar-refractivity contribution < 1.29 is 29.4 Å². The van der Waals surface area contributed by atoms with Gasteiger partial charge in [0.1, 0.15) is 12.1 Å². The molecule has 10 heteroatoms. The molecule has 1 aliphatic heterocycles. The highest BCUT2D eigenvalue weighted by molar-refractivity contribution is 5.95. The summed E-state index contributed by atoms with van der Waals surface area (Å²) in [6.07, 6.45) is 5.27. The molecule has 0 radical (unpaired) electrons. The van der Waals surface area contributed by atoms with E-state index in [2.05, 4.69) is 16.9 Å². The summed E-state index contributed by atoms with van der Waals surface area (Å²) >= 11 is 0. The molecule has 3 rings (SSSR count). The number of nitrogens with zero attached hydrogens (tertiary/aromatic N) is 2. The number of aliphatic imine (C=N–C) groups is 1. The van der Waals surface area contributed by atoms with Gasteiger partial charge in [0.05, 0.1) is 33.4 Å². The number of methoxy groups -OCH3 is 3. The normalized spacial score (nSPS) is 15.7. The summed E-state index contributed by atoms with van der Waals surface area (Å²) in [5, 5.41) is 24.4. The minimum absolute atomic E-state index is 0.217. The van der Waals surface area contributed by atoms with Crippen molar-refractivity contribution in [1.29, 1.82) is 0 Å². The average Bonchev–Trinajstić information content (AvgIpc) is 3.17. The van der Waals surface area contributed by atoms with Crippen LogP contribution in [0.15, 0.2) is 47.1 Å². The number of quaternary nitrogens is 1. The Morgan fingerprint density at radius 1 is 1.27 bits per heavy atom. The molecular formula is C23H28N4O6. The number of hydrogen-bond acceptors (Lipinski definition) is 7. The summed E-state index contributed by atoms with van der Waals surface area (Å²) in [4.78, 5) is 4.48. The fraction of sp³-hybridized carbons (Fsp3) is 0.261. The Hall–Kier alpha value is -3.73. The molecule has 1 atom stereocenters. The second-order valence-corrected chi connectivity index (χ2v) is 7.21. The first-order chi connectivity index (χ1) is 15.8. The van der Waals surface area contributed by atoms with E-state index in [1.807, 2.05) is 13.0 Å². The summed E-state index contributed by atoms with van der Waals surface area (Å²) in [5.74, 6) is 2.58. The Labute approximate surface area is 191 Å². The lowest BCUT2D eigenvalue weighted by Gasteiger charge is -2.22. The van der Waals surface area contributed by atoms with E-state index in [-0.39, 0.29) is 12.1 Å². The molecule has 1 unspecified atom stereocenters. The predicted molar refractivity (Wildman–Crippen MR) is 125 cm³/mol. The van der Waals surface area contributed by atoms with Crippen LogP contribution in [-0.2, 0) is 4.74 Å². The molecule has 1 aliphatic rings. The minimum Gasteiger partial charge on any atom is -0.595 e. The van der Waals surface area contributed by atoms with Crippen molar-refractivity contribution in [2.75, 3.05) is 26.6 Å². The monoisotopic (exact) mass is 456 g/mol. The van der Waals surface area contributed by atoms with E-state index in [1.54, 1.807) is 63.6 Å². The van der Waals surface area contributed by atoms with Gasteiger partial charge in [-0.3, -0.25) is 0 Å². The topological polar surface area (TPSA) is 114 Å². The van der Waals surface area contributed by atoms with Gasteiger partial charge in [0.15, 0.2) is 23.0 Å². The molecule has 0 spiro atoms. The maximum atomic E-state index is 11.4. The van der Waals surface area contributed by atoms with Crippen molar-refractivity contribution >= 4 is 30.0 Å². The maximum absolute atomic E-state index is 11.4. The highest BCUT2D eigenvalue weighted by Crippen LogP contribution is 2.39. The molecule has 1 aromatic carbocycles. The number of nitrogens with one attached hydrogen (secondary N) is 2. The van der Waals surface area contributed by atoms with Crippen molar-refractivity contribution in [2.24, 2.45) is 4.99 Å². The van der Waals surface area contributed by atoms with Crippen LogP contribution in [-0.4, -0.2) is 36.9 Å². The average molecular weight is 456 g/mol. The lowest BCUT2D eigenvalue weighted by molar-refractivity contribution is -1.02. The van der Waals surface area contributed by atoms with E-state index < -0.39 is 5.23 Å². The number of benzene rings is 1. The van der Waals surface area contributed by atoms with Crippen molar-refractivity contribution in [3.63, 3.8) is 0 Å². The third kappa shape index (κ3) is 5.20. The zero-order chi connectivity index (χ0) is 24.1. The molecule has 1 aromatic heterocycles. The van der Waals surface area contributed by atoms with Gasteiger partial charge >= 0.3 is 0 Å². The first kappa shape index (κ1) is 23.9. The number of rotatable bonds is 7. The van der Waals surface area contributed by atoms with Crippen molar-refractivity contribution in [3.8, 4) is 17.2 Å². The van der Waals surface area contributed by atoms with E-state index in [9.17, 15) is 10.4 Å². The van der Waals surface area contributed by atoms with Crippen LogP contribution in [0.2, 0.25) is 0 Å². The first-order valence-corrected chi connectivity index (χ1v) is 10.1. The number of aromatic nitrogens is 1. The van der Waals surface area contributed by atoms with Crippen LogP contribution in [0.1, 0.15) is 20.3 Å². The summed E-state index contributed by atoms with van der Waals surface area (Å²) < 4.78 is 23.3. The molecule has 33 heavy (non-hydrogen) atoms. The van der Waals surface area contributed by atoms with Crippen LogP contribution in [0, 0.1) is 5.21 Å². The van der Waals surface area contributed by atoms with Gasteiger partial charge in [0.2, 0.25) is 5.75 Å². The molecule has 2 heterocycles. The predicted octanol–water partition coefficient (Wildman–Crippen LogP) is 1.41. The number of allylic oxidation sites excluding steroid dienone is 2. The van der Waals surface area contributed by atoms with Crippen LogP contribution in [0.3, 0.4) is 0 Å².